The van der Waals surface area contributed by atoms with Crippen LogP contribution in [-0.4, -0.2) is 44.9 Å². The number of carbonyl (C=O) groups is 3. The van der Waals surface area contributed by atoms with Crippen LogP contribution >= 0.6 is 0 Å². The number of aromatic nitrogens is 1. The summed E-state index contributed by atoms with van der Waals surface area (Å²) in [7, 11) is 0. The molecule has 0 radical (unpaired) electrons. The number of hydrogen-bond donors (Lipinski definition) is 0. The van der Waals surface area contributed by atoms with Gasteiger partial charge in [0.1, 0.15) is 6.10 Å². The lowest BCUT2D eigenvalue weighted by atomic mass is 9.94. The summed E-state index contributed by atoms with van der Waals surface area (Å²) >= 11 is 0. The Bertz CT molecular complexity index is 834. The molecule has 1 aromatic heterocycles. The molecule has 0 aliphatic carbocycles. The maximum absolute atomic E-state index is 12.6. The third-order valence-corrected chi connectivity index (χ3v) is 3.93. The molecule has 1 fully saturated rings. The number of nitrogens with zero attached hydrogens (tertiary/aromatic N) is 2. The summed E-state index contributed by atoms with van der Waals surface area (Å²) in [5, 5.41) is 10.8. The van der Waals surface area contributed by atoms with Gasteiger partial charge in [0.25, 0.3) is 11.5 Å². The van der Waals surface area contributed by atoms with Crippen LogP contribution in [0.4, 0.5) is 5.69 Å². The number of hydrogen-bond acceptors (Lipinski definition) is 9. The zero-order valence-electron chi connectivity index (χ0n) is 14.6. The summed E-state index contributed by atoms with van der Waals surface area (Å²) in [6.45, 7) is 3.73. The molecule has 3 heterocycles. The first kappa shape index (κ1) is 18.6. The van der Waals surface area contributed by atoms with Crippen molar-refractivity contribution in [1.29, 1.82) is 0 Å². The highest BCUT2D eigenvalue weighted by atomic mass is 16.8. The predicted octanol–water partition coefficient (Wildman–Crippen LogP) is 0.988. The van der Waals surface area contributed by atoms with Gasteiger partial charge in [-0.05, 0) is 6.08 Å². The fraction of sp³-hybridized carbons (Fsp3) is 0.438. The first-order chi connectivity index (χ1) is 12.5. The zero-order chi connectivity index (χ0) is 20.0. The van der Waals surface area contributed by atoms with Crippen molar-refractivity contribution in [3.63, 3.8) is 0 Å². The van der Waals surface area contributed by atoms with Crippen molar-refractivity contribution in [2.24, 2.45) is 0 Å². The van der Waals surface area contributed by atoms with Gasteiger partial charge in [-0.1, -0.05) is 6.08 Å². The second-order valence-electron chi connectivity index (χ2n) is 6.41. The molecule has 0 N–H and O–H groups in total. The summed E-state index contributed by atoms with van der Waals surface area (Å²) in [5.74, 6) is -4.71. The molecule has 1 saturated heterocycles. The molecule has 2 atom stereocenters. The number of carbonyl (C=O) groups excluding carboxylic acids is 3. The second kappa shape index (κ2) is 6.20. The van der Waals surface area contributed by atoms with E-state index in [9.17, 15) is 24.5 Å². The third-order valence-electron chi connectivity index (χ3n) is 3.93. The van der Waals surface area contributed by atoms with E-state index in [1.807, 2.05) is 0 Å². The maximum atomic E-state index is 12.6. The molecule has 144 valence electrons. The molecule has 0 saturated carbocycles. The van der Waals surface area contributed by atoms with Crippen molar-refractivity contribution in [3.05, 3.63) is 40.7 Å². The second-order valence-corrected chi connectivity index (χ2v) is 6.41. The minimum Gasteiger partial charge on any atom is -0.432 e. The van der Waals surface area contributed by atoms with Gasteiger partial charge >= 0.3 is 23.5 Å². The van der Waals surface area contributed by atoms with Crippen molar-refractivity contribution in [1.82, 2.24) is 4.57 Å². The Morgan fingerprint density at radius 3 is 2.41 bits per heavy atom. The molecule has 27 heavy (non-hydrogen) atoms. The van der Waals surface area contributed by atoms with Gasteiger partial charge in [0, 0.05) is 33.0 Å². The summed E-state index contributed by atoms with van der Waals surface area (Å²) in [6, 6.07) is 1.26. The van der Waals surface area contributed by atoms with Crippen LogP contribution < -0.4 is 0 Å². The van der Waals surface area contributed by atoms with E-state index < -0.39 is 46.6 Å². The van der Waals surface area contributed by atoms with E-state index in [0.717, 1.165) is 6.92 Å². The Morgan fingerprint density at radius 2 is 1.89 bits per heavy atom. The molecule has 0 aromatic carbocycles. The molecule has 2 aliphatic rings. The molecule has 0 bridgehead atoms. The number of ether oxygens (including phenoxy) is 4. The van der Waals surface area contributed by atoms with E-state index >= 15 is 0 Å². The monoisotopic (exact) mass is 380 g/mol. The quantitative estimate of drug-likeness (QED) is 0.246. The summed E-state index contributed by atoms with van der Waals surface area (Å²) in [4.78, 5) is 47.0. The van der Waals surface area contributed by atoms with E-state index in [0.29, 0.717) is 0 Å². The molecule has 0 unspecified atom stereocenters. The van der Waals surface area contributed by atoms with Gasteiger partial charge in [0.05, 0.1) is 11.1 Å². The van der Waals surface area contributed by atoms with Gasteiger partial charge in [-0.25, -0.2) is 9.59 Å². The van der Waals surface area contributed by atoms with Crippen LogP contribution in [0, 0.1) is 10.1 Å². The highest BCUT2D eigenvalue weighted by Crippen LogP contribution is 2.38. The lowest BCUT2D eigenvalue weighted by Crippen LogP contribution is -2.66. The molecule has 0 spiro atoms. The molecule has 2 aliphatic heterocycles. The highest BCUT2D eigenvalue weighted by molar-refractivity contribution is 6.07. The average molecular weight is 380 g/mol. The Labute approximate surface area is 152 Å². The van der Waals surface area contributed by atoms with Crippen LogP contribution in [0.1, 0.15) is 27.0 Å². The Morgan fingerprint density at radius 1 is 1.26 bits per heavy atom. The van der Waals surface area contributed by atoms with Crippen LogP contribution in [0.2, 0.25) is 0 Å². The van der Waals surface area contributed by atoms with Crippen LogP contribution in [0.25, 0.3) is 0 Å². The number of cyclic esters (lactones) is 2. The average Bonchev–Trinajstić information content (AvgIpc) is 3.18. The first-order valence-electron chi connectivity index (χ1n) is 7.87. The highest BCUT2D eigenvalue weighted by Gasteiger charge is 2.65. The van der Waals surface area contributed by atoms with Gasteiger partial charge in [-0.2, -0.15) is 0 Å². The lowest BCUT2D eigenvalue weighted by molar-refractivity contribution is -0.384. The van der Waals surface area contributed by atoms with E-state index in [-0.39, 0.29) is 5.69 Å². The summed E-state index contributed by atoms with van der Waals surface area (Å²) < 4.78 is 22.2. The van der Waals surface area contributed by atoms with Crippen LogP contribution in [0.3, 0.4) is 0 Å². The predicted molar refractivity (Wildman–Crippen MR) is 84.9 cm³/mol. The number of rotatable bonds is 4. The van der Waals surface area contributed by atoms with Crippen molar-refractivity contribution >= 4 is 23.6 Å². The molecule has 1 aromatic rings. The number of esters is 3. The fourth-order valence-electron chi connectivity index (χ4n) is 2.81. The number of nitro groups is 1. The summed E-state index contributed by atoms with van der Waals surface area (Å²) in [5.41, 5.74) is -2.63. The van der Waals surface area contributed by atoms with E-state index in [4.69, 9.17) is 18.9 Å². The Hall–Kier alpha value is -3.21. The Balaban J connectivity index is 1.90. The van der Waals surface area contributed by atoms with Crippen molar-refractivity contribution < 1.29 is 38.3 Å². The van der Waals surface area contributed by atoms with Crippen molar-refractivity contribution in [2.75, 3.05) is 0 Å². The summed E-state index contributed by atoms with van der Waals surface area (Å²) in [6.07, 6.45) is 3.20. The lowest BCUT2D eigenvalue weighted by Gasteiger charge is -2.41. The standard InChI is InChI=1S/C16H16N2O9/c1-9(19)25-16(13(20)26-15(2,3)27-14(16)21)11-4-5-12(24-11)17-7-6-10(8-17)18(22)23/h4-8,11-12H,1-3H3/t11-,12+/m1/s1. The van der Waals surface area contributed by atoms with Crippen molar-refractivity contribution in [3.8, 4) is 0 Å². The van der Waals surface area contributed by atoms with E-state index in [1.54, 1.807) is 0 Å². The minimum atomic E-state index is -2.47. The zero-order valence-corrected chi connectivity index (χ0v) is 14.6. The minimum absolute atomic E-state index is 0.164. The van der Waals surface area contributed by atoms with Crippen LogP contribution in [0.15, 0.2) is 30.6 Å². The van der Waals surface area contributed by atoms with Crippen LogP contribution in [0.5, 0.6) is 0 Å². The van der Waals surface area contributed by atoms with Gasteiger partial charge in [-0.3, -0.25) is 14.9 Å². The van der Waals surface area contributed by atoms with Gasteiger partial charge in [0.15, 0.2) is 6.23 Å². The largest absolute Gasteiger partial charge is 0.432 e. The SMILES string of the molecule is CC(=O)OC1([C@H]2C=C[C@@H](n3ccc([N+](=O)[O-])c3)O2)C(=O)OC(C)(C)OC1=O. The molecular weight excluding hydrogens is 364 g/mol. The van der Waals surface area contributed by atoms with Gasteiger partial charge < -0.3 is 23.5 Å². The maximum Gasteiger partial charge on any atom is 0.369 e. The molecule has 3 rings (SSSR count). The first-order valence-corrected chi connectivity index (χ1v) is 7.87. The normalized spacial score (nSPS) is 25.6. The van der Waals surface area contributed by atoms with Gasteiger partial charge in [-0.15, -0.1) is 0 Å². The molecule has 11 heteroatoms. The fourth-order valence-corrected chi connectivity index (χ4v) is 2.81. The van der Waals surface area contributed by atoms with Gasteiger partial charge in [0.2, 0.25) is 0 Å². The van der Waals surface area contributed by atoms with E-state index in [2.05, 4.69) is 0 Å². The Kier molecular flexibility index (Phi) is 4.26. The van der Waals surface area contributed by atoms with Crippen LogP contribution in [-0.2, 0) is 33.3 Å². The smallest absolute Gasteiger partial charge is 0.369 e. The molecule has 0 amide bonds. The van der Waals surface area contributed by atoms with E-state index in [1.165, 1.54) is 49.0 Å². The molecule has 11 nitrogen and oxygen atoms in total. The van der Waals surface area contributed by atoms with Crippen molar-refractivity contribution in [2.45, 2.75) is 44.5 Å². The molecular formula is C16H16N2O9. The topological polar surface area (TPSA) is 136 Å². The third kappa shape index (κ3) is 3.16.